The van der Waals surface area contributed by atoms with Gasteiger partial charge in [-0.2, -0.15) is 5.10 Å². The Kier molecular flexibility index (Phi) is 3.76. The average molecular weight is 275 g/mol. The van der Waals surface area contributed by atoms with Gasteiger partial charge < -0.3 is 10.5 Å². The Labute approximate surface area is 119 Å². The van der Waals surface area contributed by atoms with Crippen LogP contribution in [-0.2, 0) is 23.8 Å². The highest BCUT2D eigenvalue weighted by atomic mass is 16.5. The first-order chi connectivity index (χ1) is 9.31. The monoisotopic (exact) mass is 275 g/mol. The van der Waals surface area contributed by atoms with E-state index < -0.39 is 0 Å². The van der Waals surface area contributed by atoms with Crippen LogP contribution in [-0.4, -0.2) is 26.9 Å². The Bertz CT molecular complexity index is 613. The summed E-state index contributed by atoms with van der Waals surface area (Å²) in [7, 11) is 3.52. The number of aryl methyl sites for hydroxylation is 1. The Morgan fingerprint density at radius 1 is 1.30 bits per heavy atom. The Hall–Kier alpha value is -1.95. The van der Waals surface area contributed by atoms with Gasteiger partial charge in [0.05, 0.1) is 23.6 Å². The molecular formula is C14H21N5O. The quantitative estimate of drug-likeness (QED) is 0.925. The van der Waals surface area contributed by atoms with Crippen molar-refractivity contribution in [3.05, 3.63) is 23.7 Å². The minimum absolute atomic E-state index is 0.0913. The van der Waals surface area contributed by atoms with Crippen LogP contribution in [0, 0.1) is 0 Å². The second-order valence-corrected chi connectivity index (χ2v) is 5.86. The molecule has 0 fully saturated rings. The summed E-state index contributed by atoms with van der Waals surface area (Å²) in [6.45, 7) is 6.74. The molecule has 20 heavy (non-hydrogen) atoms. The van der Waals surface area contributed by atoms with Crippen LogP contribution in [0.4, 0.5) is 5.82 Å². The summed E-state index contributed by atoms with van der Waals surface area (Å²) >= 11 is 0. The number of anilines is 1. The molecule has 0 bridgehead atoms. The molecule has 0 unspecified atom stereocenters. The van der Waals surface area contributed by atoms with Crippen molar-refractivity contribution in [1.29, 1.82) is 0 Å². The minimum Gasteiger partial charge on any atom is -0.384 e. The summed E-state index contributed by atoms with van der Waals surface area (Å²) in [5.74, 6) is 1.03. The molecule has 0 aliphatic rings. The van der Waals surface area contributed by atoms with Crippen molar-refractivity contribution < 1.29 is 4.74 Å². The van der Waals surface area contributed by atoms with Crippen LogP contribution in [0.15, 0.2) is 12.3 Å². The van der Waals surface area contributed by atoms with E-state index in [2.05, 4.69) is 35.8 Å². The molecule has 6 heteroatoms. The van der Waals surface area contributed by atoms with E-state index in [4.69, 9.17) is 10.5 Å². The highest BCUT2D eigenvalue weighted by molar-refractivity contribution is 5.60. The van der Waals surface area contributed by atoms with Gasteiger partial charge in [0.1, 0.15) is 5.82 Å². The zero-order valence-electron chi connectivity index (χ0n) is 12.6. The van der Waals surface area contributed by atoms with E-state index in [1.54, 1.807) is 17.9 Å². The SMILES string of the molecule is COCc1cc(N)nc(-c2cn(C)nc2C(C)(C)C)n1. The van der Waals surface area contributed by atoms with Crippen LogP contribution in [0.1, 0.15) is 32.2 Å². The maximum absolute atomic E-state index is 5.86. The van der Waals surface area contributed by atoms with Crippen LogP contribution in [0.5, 0.6) is 0 Å². The van der Waals surface area contributed by atoms with Gasteiger partial charge in [-0.15, -0.1) is 0 Å². The van der Waals surface area contributed by atoms with E-state index in [1.165, 1.54) is 0 Å². The first-order valence-corrected chi connectivity index (χ1v) is 6.48. The lowest BCUT2D eigenvalue weighted by Crippen LogP contribution is -2.14. The van der Waals surface area contributed by atoms with Crippen molar-refractivity contribution in [2.24, 2.45) is 7.05 Å². The maximum Gasteiger partial charge on any atom is 0.165 e. The molecular weight excluding hydrogens is 254 g/mol. The fraction of sp³-hybridized carbons (Fsp3) is 0.500. The molecule has 0 aliphatic heterocycles. The van der Waals surface area contributed by atoms with Gasteiger partial charge >= 0.3 is 0 Å². The first-order valence-electron chi connectivity index (χ1n) is 6.48. The summed E-state index contributed by atoms with van der Waals surface area (Å²) in [6.07, 6.45) is 1.92. The van der Waals surface area contributed by atoms with E-state index in [0.717, 1.165) is 17.0 Å². The molecule has 2 rings (SSSR count). The van der Waals surface area contributed by atoms with Crippen molar-refractivity contribution >= 4 is 5.82 Å². The molecule has 0 saturated carbocycles. The molecule has 108 valence electrons. The number of nitrogens with two attached hydrogens (primary N) is 1. The molecule has 0 saturated heterocycles. The number of hydrogen-bond acceptors (Lipinski definition) is 5. The van der Waals surface area contributed by atoms with Crippen LogP contribution in [0.25, 0.3) is 11.4 Å². The number of ether oxygens (including phenoxy) is 1. The van der Waals surface area contributed by atoms with Crippen molar-refractivity contribution in [1.82, 2.24) is 19.7 Å². The number of hydrogen-bond donors (Lipinski definition) is 1. The molecule has 0 atom stereocenters. The minimum atomic E-state index is -0.0913. The topological polar surface area (TPSA) is 78.9 Å². The number of nitrogens with zero attached hydrogens (tertiary/aromatic N) is 4. The molecule has 2 aromatic heterocycles. The highest BCUT2D eigenvalue weighted by Gasteiger charge is 2.24. The summed E-state index contributed by atoms with van der Waals surface area (Å²) < 4.78 is 6.89. The predicted molar refractivity (Wildman–Crippen MR) is 78.1 cm³/mol. The zero-order chi connectivity index (χ0) is 14.9. The van der Waals surface area contributed by atoms with E-state index in [1.807, 2.05) is 13.2 Å². The van der Waals surface area contributed by atoms with Crippen LogP contribution >= 0.6 is 0 Å². The van der Waals surface area contributed by atoms with Crippen molar-refractivity contribution in [2.45, 2.75) is 32.8 Å². The molecule has 0 aliphatic carbocycles. The van der Waals surface area contributed by atoms with E-state index in [-0.39, 0.29) is 5.41 Å². The predicted octanol–water partition coefficient (Wildman–Crippen LogP) is 1.90. The van der Waals surface area contributed by atoms with Gasteiger partial charge in [-0.3, -0.25) is 4.68 Å². The van der Waals surface area contributed by atoms with Gasteiger partial charge in [0.15, 0.2) is 5.82 Å². The largest absolute Gasteiger partial charge is 0.384 e. The normalized spacial score (nSPS) is 11.8. The summed E-state index contributed by atoms with van der Waals surface area (Å²) in [6, 6.07) is 1.72. The third-order valence-electron chi connectivity index (χ3n) is 2.87. The number of rotatable bonds is 3. The number of nitrogen functional groups attached to an aromatic ring is 1. The molecule has 0 amide bonds. The Morgan fingerprint density at radius 2 is 2.00 bits per heavy atom. The lowest BCUT2D eigenvalue weighted by Gasteiger charge is -2.17. The standard InChI is InChI=1S/C14H21N5O/c1-14(2,3)12-10(7-19(4)18-12)13-16-9(8-20-5)6-11(15)17-13/h6-7H,8H2,1-5H3,(H2,15,16,17). The van der Waals surface area contributed by atoms with Gasteiger partial charge in [0, 0.05) is 31.8 Å². The smallest absolute Gasteiger partial charge is 0.165 e. The van der Waals surface area contributed by atoms with Crippen molar-refractivity contribution in [3.8, 4) is 11.4 Å². The molecule has 0 radical (unpaired) electrons. The summed E-state index contributed by atoms with van der Waals surface area (Å²) in [4.78, 5) is 8.84. The number of methoxy groups -OCH3 is 1. The second-order valence-electron chi connectivity index (χ2n) is 5.86. The molecule has 2 heterocycles. The van der Waals surface area contributed by atoms with Gasteiger partial charge in [0.2, 0.25) is 0 Å². The third-order valence-corrected chi connectivity index (χ3v) is 2.87. The number of aromatic nitrogens is 4. The fourth-order valence-electron chi connectivity index (χ4n) is 2.07. The third kappa shape index (κ3) is 2.96. The van der Waals surface area contributed by atoms with Crippen LogP contribution < -0.4 is 5.73 Å². The summed E-state index contributed by atoms with van der Waals surface area (Å²) in [5.41, 5.74) is 8.39. The van der Waals surface area contributed by atoms with E-state index in [0.29, 0.717) is 18.2 Å². The summed E-state index contributed by atoms with van der Waals surface area (Å²) in [5, 5.41) is 4.53. The lowest BCUT2D eigenvalue weighted by atomic mass is 9.89. The molecule has 2 aromatic rings. The van der Waals surface area contributed by atoms with Crippen LogP contribution in [0.3, 0.4) is 0 Å². The average Bonchev–Trinajstić information content (AvgIpc) is 2.71. The zero-order valence-corrected chi connectivity index (χ0v) is 12.6. The van der Waals surface area contributed by atoms with Gasteiger partial charge in [0.25, 0.3) is 0 Å². The molecule has 2 N–H and O–H groups in total. The first kappa shape index (κ1) is 14.5. The van der Waals surface area contributed by atoms with Gasteiger partial charge in [-0.05, 0) is 0 Å². The fourth-order valence-corrected chi connectivity index (χ4v) is 2.07. The molecule has 6 nitrogen and oxygen atoms in total. The van der Waals surface area contributed by atoms with E-state index >= 15 is 0 Å². The van der Waals surface area contributed by atoms with Crippen molar-refractivity contribution in [2.75, 3.05) is 12.8 Å². The van der Waals surface area contributed by atoms with Crippen molar-refractivity contribution in [3.63, 3.8) is 0 Å². The lowest BCUT2D eigenvalue weighted by molar-refractivity contribution is 0.181. The highest BCUT2D eigenvalue weighted by Crippen LogP contribution is 2.30. The second kappa shape index (κ2) is 5.20. The van der Waals surface area contributed by atoms with E-state index in [9.17, 15) is 0 Å². The Balaban J connectivity index is 2.56. The molecule has 0 aromatic carbocycles. The van der Waals surface area contributed by atoms with Gasteiger partial charge in [-0.1, -0.05) is 20.8 Å². The Morgan fingerprint density at radius 3 is 2.60 bits per heavy atom. The maximum atomic E-state index is 5.86. The van der Waals surface area contributed by atoms with Crippen LogP contribution in [0.2, 0.25) is 0 Å². The molecule has 0 spiro atoms. The van der Waals surface area contributed by atoms with Gasteiger partial charge in [-0.25, -0.2) is 9.97 Å².